The number of ether oxygens (including phenoxy) is 3. The van der Waals surface area contributed by atoms with Crippen molar-refractivity contribution in [2.45, 2.75) is 40.7 Å². The molecule has 0 aromatic heterocycles. The summed E-state index contributed by atoms with van der Waals surface area (Å²) in [4.78, 5) is 16.0. The van der Waals surface area contributed by atoms with Gasteiger partial charge in [0, 0.05) is 6.54 Å². The summed E-state index contributed by atoms with van der Waals surface area (Å²) in [7, 11) is 1.38. The third kappa shape index (κ3) is 7.37. The van der Waals surface area contributed by atoms with E-state index in [-0.39, 0.29) is 17.9 Å². The van der Waals surface area contributed by atoms with Gasteiger partial charge in [0.15, 0.2) is 17.5 Å². The van der Waals surface area contributed by atoms with Crippen LogP contribution in [0, 0.1) is 5.92 Å². The molecular formula is C20H33N3O4. The zero-order valence-corrected chi connectivity index (χ0v) is 17.3. The molecule has 7 nitrogen and oxygen atoms in total. The highest BCUT2D eigenvalue weighted by Crippen LogP contribution is 2.30. The van der Waals surface area contributed by atoms with E-state index < -0.39 is 0 Å². The van der Waals surface area contributed by atoms with Gasteiger partial charge >= 0.3 is 5.97 Å². The number of guanidine groups is 1. The van der Waals surface area contributed by atoms with Crippen molar-refractivity contribution in [3.63, 3.8) is 0 Å². The number of carbonyl (C=O) groups is 1. The van der Waals surface area contributed by atoms with E-state index in [9.17, 15) is 4.79 Å². The summed E-state index contributed by atoms with van der Waals surface area (Å²) in [5, 5.41) is 6.56. The molecular weight excluding hydrogens is 346 g/mol. The molecule has 1 rings (SSSR count). The summed E-state index contributed by atoms with van der Waals surface area (Å²) in [6.45, 7) is 12.0. The molecule has 2 atom stereocenters. The van der Waals surface area contributed by atoms with Gasteiger partial charge < -0.3 is 24.8 Å². The van der Waals surface area contributed by atoms with E-state index in [4.69, 9.17) is 14.2 Å². The van der Waals surface area contributed by atoms with Crippen LogP contribution in [0.15, 0.2) is 23.2 Å². The first-order chi connectivity index (χ1) is 13.0. The summed E-state index contributed by atoms with van der Waals surface area (Å²) >= 11 is 0. The number of rotatable bonds is 10. The lowest BCUT2D eigenvalue weighted by Gasteiger charge is -2.20. The molecule has 0 amide bonds. The van der Waals surface area contributed by atoms with Gasteiger partial charge in [-0.15, -0.1) is 0 Å². The molecule has 0 aliphatic heterocycles. The monoisotopic (exact) mass is 379 g/mol. The van der Waals surface area contributed by atoms with Crippen molar-refractivity contribution in [1.29, 1.82) is 0 Å². The second-order valence-electron chi connectivity index (χ2n) is 6.08. The Morgan fingerprint density at radius 1 is 1.11 bits per heavy atom. The molecule has 2 unspecified atom stereocenters. The third-order valence-electron chi connectivity index (χ3n) is 3.89. The van der Waals surface area contributed by atoms with Crippen LogP contribution in [0.25, 0.3) is 0 Å². The first kappa shape index (κ1) is 22.6. The standard InChI is InChI=1S/C20H33N3O4/c1-7-21-20(22-13-14(4)19(24)25-6)23-15(5)16-10-11-17(26-8-2)18(12-16)27-9-3/h10-12,14-15H,7-9,13H2,1-6H3,(H2,21,22,23). The van der Waals surface area contributed by atoms with Gasteiger partial charge in [0.05, 0.1) is 38.8 Å². The topological polar surface area (TPSA) is 81.2 Å². The Kier molecular flexibility index (Phi) is 10.1. The Bertz CT molecular complexity index is 619. The summed E-state index contributed by atoms with van der Waals surface area (Å²) in [6, 6.07) is 5.90. The average Bonchev–Trinajstić information content (AvgIpc) is 2.66. The molecule has 0 spiro atoms. The zero-order chi connectivity index (χ0) is 20.2. The van der Waals surface area contributed by atoms with E-state index in [2.05, 4.69) is 15.6 Å². The molecule has 152 valence electrons. The first-order valence-electron chi connectivity index (χ1n) is 9.48. The Hall–Kier alpha value is -2.44. The number of aliphatic imine (C=N–C) groups is 1. The molecule has 0 aliphatic carbocycles. The smallest absolute Gasteiger partial charge is 0.310 e. The number of nitrogens with one attached hydrogen (secondary N) is 2. The van der Waals surface area contributed by atoms with Gasteiger partial charge in [0.2, 0.25) is 0 Å². The lowest BCUT2D eigenvalue weighted by Crippen LogP contribution is -2.39. The molecule has 1 aromatic rings. The van der Waals surface area contributed by atoms with Gasteiger partial charge in [-0.3, -0.25) is 9.79 Å². The molecule has 0 heterocycles. The summed E-state index contributed by atoms with van der Waals surface area (Å²) in [5.41, 5.74) is 1.05. The number of methoxy groups -OCH3 is 1. The fourth-order valence-corrected chi connectivity index (χ4v) is 2.45. The van der Waals surface area contributed by atoms with E-state index >= 15 is 0 Å². The van der Waals surface area contributed by atoms with Gasteiger partial charge in [-0.1, -0.05) is 13.0 Å². The molecule has 0 fully saturated rings. The van der Waals surface area contributed by atoms with Crippen LogP contribution in [0.1, 0.15) is 46.2 Å². The van der Waals surface area contributed by atoms with Crippen molar-refractivity contribution in [3.05, 3.63) is 23.8 Å². The highest BCUT2D eigenvalue weighted by Gasteiger charge is 2.15. The van der Waals surface area contributed by atoms with Gasteiger partial charge in [-0.2, -0.15) is 0 Å². The van der Waals surface area contributed by atoms with Crippen molar-refractivity contribution in [3.8, 4) is 11.5 Å². The minimum atomic E-state index is -0.296. The SMILES string of the molecule is CCNC(=NCC(C)C(=O)OC)NC(C)c1ccc(OCC)c(OCC)c1. The Balaban J connectivity index is 2.90. The van der Waals surface area contributed by atoms with Crippen LogP contribution >= 0.6 is 0 Å². The number of benzene rings is 1. The van der Waals surface area contributed by atoms with Gasteiger partial charge in [-0.25, -0.2) is 0 Å². The number of hydrogen-bond donors (Lipinski definition) is 2. The number of esters is 1. The average molecular weight is 380 g/mol. The second kappa shape index (κ2) is 12.0. The molecule has 0 bridgehead atoms. The molecule has 2 N–H and O–H groups in total. The van der Waals surface area contributed by atoms with Gasteiger partial charge in [0.25, 0.3) is 0 Å². The van der Waals surface area contributed by atoms with Crippen molar-refractivity contribution >= 4 is 11.9 Å². The van der Waals surface area contributed by atoms with Crippen LogP contribution in [0.5, 0.6) is 11.5 Å². The predicted octanol–water partition coefficient (Wildman–Crippen LogP) is 2.91. The van der Waals surface area contributed by atoms with Crippen LogP contribution in [-0.4, -0.2) is 45.3 Å². The van der Waals surface area contributed by atoms with E-state index in [0.717, 1.165) is 23.6 Å². The normalized spacial score (nSPS) is 13.5. The third-order valence-corrected chi connectivity index (χ3v) is 3.89. The molecule has 0 radical (unpaired) electrons. The number of hydrogen-bond acceptors (Lipinski definition) is 5. The Labute approximate surface area is 162 Å². The van der Waals surface area contributed by atoms with E-state index in [1.165, 1.54) is 7.11 Å². The van der Waals surface area contributed by atoms with E-state index in [1.54, 1.807) is 6.92 Å². The van der Waals surface area contributed by atoms with Crippen LogP contribution in [0.4, 0.5) is 0 Å². The summed E-state index contributed by atoms with van der Waals surface area (Å²) < 4.78 is 16.1. The second-order valence-corrected chi connectivity index (χ2v) is 6.08. The number of carbonyl (C=O) groups excluding carboxylic acids is 1. The first-order valence-corrected chi connectivity index (χ1v) is 9.48. The van der Waals surface area contributed by atoms with Crippen molar-refractivity contribution in [2.75, 3.05) is 33.4 Å². The van der Waals surface area contributed by atoms with Crippen LogP contribution in [0.3, 0.4) is 0 Å². The van der Waals surface area contributed by atoms with Crippen LogP contribution in [0.2, 0.25) is 0 Å². The lowest BCUT2D eigenvalue weighted by molar-refractivity contribution is -0.144. The Morgan fingerprint density at radius 3 is 2.37 bits per heavy atom. The maximum Gasteiger partial charge on any atom is 0.310 e. The fraction of sp³-hybridized carbons (Fsp3) is 0.600. The summed E-state index contributed by atoms with van der Waals surface area (Å²) in [6.07, 6.45) is 0. The van der Waals surface area contributed by atoms with Gasteiger partial charge in [-0.05, 0) is 45.4 Å². The fourth-order valence-electron chi connectivity index (χ4n) is 2.45. The van der Waals surface area contributed by atoms with E-state index in [1.807, 2.05) is 45.9 Å². The van der Waals surface area contributed by atoms with Crippen LogP contribution < -0.4 is 20.1 Å². The highest BCUT2D eigenvalue weighted by molar-refractivity contribution is 5.81. The zero-order valence-electron chi connectivity index (χ0n) is 17.3. The maximum absolute atomic E-state index is 11.6. The van der Waals surface area contributed by atoms with Crippen LogP contribution in [-0.2, 0) is 9.53 Å². The molecule has 27 heavy (non-hydrogen) atoms. The van der Waals surface area contributed by atoms with Crippen molar-refractivity contribution in [2.24, 2.45) is 10.9 Å². The van der Waals surface area contributed by atoms with Crippen molar-refractivity contribution in [1.82, 2.24) is 10.6 Å². The molecule has 0 saturated heterocycles. The Morgan fingerprint density at radius 2 is 1.78 bits per heavy atom. The molecule has 1 aromatic carbocycles. The quantitative estimate of drug-likeness (QED) is 0.370. The minimum Gasteiger partial charge on any atom is -0.490 e. The molecule has 0 aliphatic rings. The van der Waals surface area contributed by atoms with Gasteiger partial charge in [0.1, 0.15) is 0 Å². The lowest BCUT2D eigenvalue weighted by atomic mass is 10.1. The molecule has 7 heteroatoms. The number of nitrogens with zero attached hydrogens (tertiary/aromatic N) is 1. The minimum absolute atomic E-state index is 0.00823. The largest absolute Gasteiger partial charge is 0.490 e. The molecule has 0 saturated carbocycles. The maximum atomic E-state index is 11.6. The summed E-state index contributed by atoms with van der Waals surface area (Å²) in [5.74, 6) is 1.55. The van der Waals surface area contributed by atoms with E-state index in [0.29, 0.717) is 25.7 Å². The van der Waals surface area contributed by atoms with Crippen molar-refractivity contribution < 1.29 is 19.0 Å². The highest BCUT2D eigenvalue weighted by atomic mass is 16.5. The predicted molar refractivity (Wildman–Crippen MR) is 107 cm³/mol.